The number of aliphatic hydroxyl groups excluding tert-OH is 1. The predicted octanol–water partition coefficient (Wildman–Crippen LogP) is 4.87. The van der Waals surface area contributed by atoms with Crippen LogP contribution in [0.2, 0.25) is 0 Å². The number of hydrogen-bond acceptors (Lipinski definition) is 2. The molecule has 0 amide bonds. The molecule has 2 N–H and O–H groups in total. The second-order valence-corrected chi connectivity index (χ2v) is 7.62. The SMILES string of the molecule is OCC1(NC(c2ccccc2)(c2ccccc2)c2ccccc2)CCCC1. The first-order valence-corrected chi connectivity index (χ1v) is 9.86. The Morgan fingerprint density at radius 1 is 0.667 bits per heavy atom. The highest BCUT2D eigenvalue weighted by Crippen LogP contribution is 2.41. The fourth-order valence-corrected chi connectivity index (χ4v) is 4.55. The molecule has 0 atom stereocenters. The standard InChI is InChI=1S/C25H27NO/c27-20-24(18-10-11-19-24)26-25(21-12-4-1-5-13-21,22-14-6-2-7-15-22)23-16-8-3-9-17-23/h1-9,12-17,26-27H,10-11,18-20H2. The number of benzene rings is 3. The minimum absolute atomic E-state index is 0.154. The van der Waals surface area contributed by atoms with E-state index in [0.29, 0.717) is 0 Å². The highest BCUT2D eigenvalue weighted by Gasteiger charge is 2.44. The Labute approximate surface area is 161 Å². The Bertz CT molecular complexity index is 743. The number of rotatable bonds is 6. The molecule has 0 saturated heterocycles. The number of hydrogen-bond donors (Lipinski definition) is 2. The molecule has 2 heteroatoms. The Kier molecular flexibility index (Phi) is 5.11. The normalized spacial score (nSPS) is 16.3. The highest BCUT2D eigenvalue weighted by atomic mass is 16.3. The molecule has 2 nitrogen and oxygen atoms in total. The van der Waals surface area contributed by atoms with Gasteiger partial charge in [0.2, 0.25) is 0 Å². The van der Waals surface area contributed by atoms with E-state index in [4.69, 9.17) is 0 Å². The predicted molar refractivity (Wildman–Crippen MR) is 111 cm³/mol. The summed E-state index contributed by atoms with van der Waals surface area (Å²) >= 11 is 0. The van der Waals surface area contributed by atoms with Gasteiger partial charge in [-0.05, 0) is 29.5 Å². The van der Waals surface area contributed by atoms with Gasteiger partial charge >= 0.3 is 0 Å². The molecule has 0 spiro atoms. The van der Waals surface area contributed by atoms with Crippen LogP contribution in [-0.2, 0) is 5.54 Å². The van der Waals surface area contributed by atoms with Gasteiger partial charge in [0.15, 0.2) is 0 Å². The molecule has 0 aromatic heterocycles. The summed E-state index contributed by atoms with van der Waals surface area (Å²) in [6, 6.07) is 31.9. The topological polar surface area (TPSA) is 32.3 Å². The lowest BCUT2D eigenvalue weighted by Gasteiger charge is -2.44. The van der Waals surface area contributed by atoms with Gasteiger partial charge in [-0.2, -0.15) is 0 Å². The molecule has 4 rings (SSSR count). The zero-order chi connectivity index (χ0) is 18.6. The van der Waals surface area contributed by atoms with Crippen molar-refractivity contribution >= 4 is 0 Å². The lowest BCUT2D eigenvalue weighted by molar-refractivity contribution is 0.140. The van der Waals surface area contributed by atoms with Crippen molar-refractivity contribution in [1.29, 1.82) is 0 Å². The third-order valence-corrected chi connectivity index (χ3v) is 5.94. The second-order valence-electron chi connectivity index (χ2n) is 7.62. The first-order chi connectivity index (χ1) is 13.3. The van der Waals surface area contributed by atoms with E-state index < -0.39 is 5.54 Å². The summed E-state index contributed by atoms with van der Waals surface area (Å²) in [5.74, 6) is 0. The molecule has 27 heavy (non-hydrogen) atoms. The van der Waals surface area contributed by atoms with Gasteiger partial charge in [0.05, 0.1) is 12.1 Å². The van der Waals surface area contributed by atoms with Crippen LogP contribution >= 0.6 is 0 Å². The van der Waals surface area contributed by atoms with Gasteiger partial charge < -0.3 is 5.11 Å². The van der Waals surface area contributed by atoms with Crippen LogP contribution < -0.4 is 5.32 Å². The smallest absolute Gasteiger partial charge is 0.0952 e. The van der Waals surface area contributed by atoms with Crippen LogP contribution in [0.15, 0.2) is 91.0 Å². The van der Waals surface area contributed by atoms with Crippen molar-refractivity contribution in [3.63, 3.8) is 0 Å². The lowest BCUT2D eigenvalue weighted by atomic mass is 9.75. The number of aliphatic hydroxyl groups is 1. The van der Waals surface area contributed by atoms with Crippen molar-refractivity contribution in [3.05, 3.63) is 108 Å². The average molecular weight is 357 g/mol. The molecule has 0 bridgehead atoms. The van der Waals surface area contributed by atoms with Crippen LogP contribution in [-0.4, -0.2) is 17.3 Å². The molecule has 1 fully saturated rings. The van der Waals surface area contributed by atoms with Gasteiger partial charge in [-0.15, -0.1) is 0 Å². The minimum Gasteiger partial charge on any atom is -0.394 e. The fraction of sp³-hybridized carbons (Fsp3) is 0.280. The molecule has 0 aliphatic heterocycles. The molecule has 0 radical (unpaired) electrons. The van der Waals surface area contributed by atoms with Gasteiger partial charge in [0.25, 0.3) is 0 Å². The van der Waals surface area contributed by atoms with Crippen molar-refractivity contribution in [3.8, 4) is 0 Å². The molecule has 1 saturated carbocycles. The quantitative estimate of drug-likeness (QED) is 0.617. The zero-order valence-corrected chi connectivity index (χ0v) is 15.6. The fourth-order valence-electron chi connectivity index (χ4n) is 4.55. The highest BCUT2D eigenvalue weighted by molar-refractivity contribution is 5.50. The maximum Gasteiger partial charge on any atom is 0.0952 e. The van der Waals surface area contributed by atoms with Crippen LogP contribution in [0.25, 0.3) is 0 Å². The molecule has 1 aliphatic carbocycles. The second kappa shape index (κ2) is 7.67. The molecule has 0 unspecified atom stereocenters. The Morgan fingerprint density at radius 3 is 1.37 bits per heavy atom. The monoisotopic (exact) mass is 357 g/mol. The summed E-state index contributed by atoms with van der Waals surface area (Å²) in [5.41, 5.74) is 2.82. The van der Waals surface area contributed by atoms with Crippen molar-refractivity contribution < 1.29 is 5.11 Å². The van der Waals surface area contributed by atoms with Crippen LogP contribution in [0.3, 0.4) is 0 Å². The summed E-state index contributed by atoms with van der Waals surface area (Å²) in [6.07, 6.45) is 4.31. The maximum atomic E-state index is 10.4. The van der Waals surface area contributed by atoms with E-state index in [-0.39, 0.29) is 12.1 Å². The van der Waals surface area contributed by atoms with Gasteiger partial charge in [-0.3, -0.25) is 5.32 Å². The summed E-state index contributed by atoms with van der Waals surface area (Å²) in [6.45, 7) is 0.154. The molecular formula is C25H27NO. The van der Waals surface area contributed by atoms with Crippen LogP contribution in [0, 0.1) is 0 Å². The van der Waals surface area contributed by atoms with Crippen LogP contribution in [0.5, 0.6) is 0 Å². The zero-order valence-electron chi connectivity index (χ0n) is 15.6. The van der Waals surface area contributed by atoms with Crippen molar-refractivity contribution in [1.82, 2.24) is 5.32 Å². The molecule has 138 valence electrons. The van der Waals surface area contributed by atoms with E-state index in [1.54, 1.807) is 0 Å². The van der Waals surface area contributed by atoms with Gasteiger partial charge in [-0.1, -0.05) is 104 Å². The van der Waals surface area contributed by atoms with Crippen LogP contribution in [0.4, 0.5) is 0 Å². The summed E-state index contributed by atoms with van der Waals surface area (Å²) < 4.78 is 0. The summed E-state index contributed by atoms with van der Waals surface area (Å²) in [5, 5.41) is 14.3. The van der Waals surface area contributed by atoms with E-state index in [9.17, 15) is 5.11 Å². The minimum atomic E-state index is -0.503. The largest absolute Gasteiger partial charge is 0.394 e. The Morgan fingerprint density at radius 2 is 1.04 bits per heavy atom. The Hall–Kier alpha value is -2.42. The van der Waals surface area contributed by atoms with E-state index in [2.05, 4.69) is 96.3 Å². The van der Waals surface area contributed by atoms with Gasteiger partial charge in [-0.25, -0.2) is 0 Å². The third-order valence-electron chi connectivity index (χ3n) is 5.94. The summed E-state index contributed by atoms with van der Waals surface area (Å²) in [4.78, 5) is 0. The van der Waals surface area contributed by atoms with Crippen molar-refractivity contribution in [2.24, 2.45) is 0 Å². The van der Waals surface area contributed by atoms with E-state index in [1.807, 2.05) is 0 Å². The van der Waals surface area contributed by atoms with E-state index >= 15 is 0 Å². The average Bonchev–Trinajstić information content (AvgIpc) is 3.23. The molecule has 1 aliphatic rings. The maximum absolute atomic E-state index is 10.4. The van der Waals surface area contributed by atoms with Crippen LogP contribution in [0.1, 0.15) is 42.4 Å². The molecular weight excluding hydrogens is 330 g/mol. The molecule has 0 heterocycles. The summed E-state index contributed by atoms with van der Waals surface area (Å²) in [7, 11) is 0. The lowest BCUT2D eigenvalue weighted by Crippen LogP contribution is -2.58. The van der Waals surface area contributed by atoms with Gasteiger partial charge in [0.1, 0.15) is 0 Å². The number of nitrogens with one attached hydrogen (secondary N) is 1. The van der Waals surface area contributed by atoms with E-state index in [1.165, 1.54) is 16.7 Å². The van der Waals surface area contributed by atoms with Crippen molar-refractivity contribution in [2.45, 2.75) is 36.8 Å². The Balaban J connectivity index is 1.97. The molecule has 3 aromatic rings. The first kappa shape index (κ1) is 18.0. The van der Waals surface area contributed by atoms with Crippen molar-refractivity contribution in [2.75, 3.05) is 6.61 Å². The molecule has 3 aromatic carbocycles. The van der Waals surface area contributed by atoms with E-state index in [0.717, 1.165) is 25.7 Å². The first-order valence-electron chi connectivity index (χ1n) is 9.86. The third kappa shape index (κ3) is 3.31. The van der Waals surface area contributed by atoms with Gasteiger partial charge in [0, 0.05) is 5.54 Å².